The molecule has 1 aliphatic rings. The number of nitrogen functional groups attached to an aromatic ring is 1. The second kappa shape index (κ2) is 8.67. The zero-order chi connectivity index (χ0) is 14.9. The fraction of sp³-hybridized carbons (Fsp3) is 0.588. The predicted octanol–water partition coefficient (Wildman–Crippen LogP) is 2.67. The Hall–Kier alpha value is -1.55. The van der Waals surface area contributed by atoms with Gasteiger partial charge >= 0.3 is 0 Å². The molecule has 2 rings (SSSR count). The van der Waals surface area contributed by atoms with Crippen LogP contribution >= 0.6 is 0 Å². The van der Waals surface area contributed by atoms with Crippen LogP contribution in [0.25, 0.3) is 0 Å². The highest BCUT2D eigenvalue weighted by Crippen LogP contribution is 2.19. The second-order valence-electron chi connectivity index (χ2n) is 5.68. The molecule has 0 spiro atoms. The van der Waals surface area contributed by atoms with Crippen molar-refractivity contribution < 1.29 is 9.53 Å². The Bertz CT molecular complexity index is 442. The molecule has 3 N–H and O–H groups in total. The summed E-state index contributed by atoms with van der Waals surface area (Å²) in [6.07, 6.45) is 7.77. The van der Waals surface area contributed by atoms with E-state index in [0.29, 0.717) is 32.1 Å². The first-order chi connectivity index (χ1) is 10.3. The molecule has 0 aromatic heterocycles. The van der Waals surface area contributed by atoms with Crippen LogP contribution in [0.3, 0.4) is 0 Å². The molecule has 0 unspecified atom stereocenters. The number of aryl methyl sites for hydroxylation is 1. The number of nitrogens with one attached hydrogen (secondary N) is 1. The first-order valence-electron chi connectivity index (χ1n) is 7.97. The summed E-state index contributed by atoms with van der Waals surface area (Å²) in [6, 6.07) is 7.68. The molecule has 0 aliphatic heterocycles. The second-order valence-corrected chi connectivity index (χ2v) is 5.68. The standard InChI is InChI=1S/C17H26N2O2/c18-16-9-5-4-6-14(16)10-11-17(20)19-12-13-21-15-7-2-1-3-8-15/h4-6,9,15H,1-3,7-8,10-13,18H2,(H,19,20). The predicted molar refractivity (Wildman–Crippen MR) is 85.0 cm³/mol. The van der Waals surface area contributed by atoms with Crippen molar-refractivity contribution in [2.24, 2.45) is 0 Å². The van der Waals surface area contributed by atoms with Gasteiger partial charge in [0, 0.05) is 18.7 Å². The lowest BCUT2D eigenvalue weighted by Gasteiger charge is -2.22. The van der Waals surface area contributed by atoms with Crippen molar-refractivity contribution >= 4 is 11.6 Å². The first kappa shape index (κ1) is 15.8. The van der Waals surface area contributed by atoms with E-state index in [1.165, 1.54) is 32.1 Å². The number of carbonyl (C=O) groups is 1. The molecule has 116 valence electrons. The van der Waals surface area contributed by atoms with E-state index in [-0.39, 0.29) is 5.91 Å². The maximum Gasteiger partial charge on any atom is 0.220 e. The number of hydrogen-bond acceptors (Lipinski definition) is 3. The van der Waals surface area contributed by atoms with E-state index in [2.05, 4.69) is 5.32 Å². The summed E-state index contributed by atoms with van der Waals surface area (Å²) < 4.78 is 5.78. The Morgan fingerprint density at radius 2 is 2.00 bits per heavy atom. The van der Waals surface area contributed by atoms with Crippen molar-refractivity contribution in [2.45, 2.75) is 51.0 Å². The number of nitrogens with two attached hydrogens (primary N) is 1. The van der Waals surface area contributed by atoms with Crippen LogP contribution < -0.4 is 11.1 Å². The minimum absolute atomic E-state index is 0.0606. The minimum atomic E-state index is 0.0606. The third kappa shape index (κ3) is 5.76. The van der Waals surface area contributed by atoms with Crippen molar-refractivity contribution in [1.29, 1.82) is 0 Å². The topological polar surface area (TPSA) is 64.4 Å². The highest BCUT2D eigenvalue weighted by Gasteiger charge is 2.13. The van der Waals surface area contributed by atoms with Crippen LogP contribution in [0.5, 0.6) is 0 Å². The van der Waals surface area contributed by atoms with E-state index in [1.54, 1.807) is 0 Å². The number of hydrogen-bond donors (Lipinski definition) is 2. The fourth-order valence-corrected chi connectivity index (χ4v) is 2.75. The molecule has 1 aromatic carbocycles. The Labute approximate surface area is 127 Å². The van der Waals surface area contributed by atoms with Gasteiger partial charge in [-0.25, -0.2) is 0 Å². The summed E-state index contributed by atoms with van der Waals surface area (Å²) in [4.78, 5) is 11.8. The summed E-state index contributed by atoms with van der Waals surface area (Å²) >= 11 is 0. The fourth-order valence-electron chi connectivity index (χ4n) is 2.75. The summed E-state index contributed by atoms with van der Waals surface area (Å²) in [5.41, 5.74) is 7.65. The van der Waals surface area contributed by atoms with Crippen molar-refractivity contribution in [2.75, 3.05) is 18.9 Å². The monoisotopic (exact) mass is 290 g/mol. The minimum Gasteiger partial charge on any atom is -0.399 e. The molecule has 0 radical (unpaired) electrons. The molecule has 0 bridgehead atoms. The van der Waals surface area contributed by atoms with Gasteiger partial charge in [0.05, 0.1) is 12.7 Å². The molecule has 4 nitrogen and oxygen atoms in total. The number of para-hydroxylation sites is 1. The normalized spacial score (nSPS) is 15.8. The molecule has 21 heavy (non-hydrogen) atoms. The zero-order valence-corrected chi connectivity index (χ0v) is 12.6. The lowest BCUT2D eigenvalue weighted by atomic mass is 9.98. The van der Waals surface area contributed by atoms with Gasteiger partial charge in [0.15, 0.2) is 0 Å². The zero-order valence-electron chi connectivity index (χ0n) is 12.6. The Morgan fingerprint density at radius 3 is 2.76 bits per heavy atom. The van der Waals surface area contributed by atoms with E-state index >= 15 is 0 Å². The number of benzene rings is 1. The van der Waals surface area contributed by atoms with E-state index in [4.69, 9.17) is 10.5 Å². The van der Waals surface area contributed by atoms with Crippen LogP contribution in [0.15, 0.2) is 24.3 Å². The molecule has 1 saturated carbocycles. The highest BCUT2D eigenvalue weighted by molar-refractivity contribution is 5.76. The molecular formula is C17H26N2O2. The van der Waals surface area contributed by atoms with Gasteiger partial charge in [-0.05, 0) is 30.9 Å². The number of carbonyl (C=O) groups excluding carboxylic acids is 1. The molecule has 0 atom stereocenters. The molecule has 1 aliphatic carbocycles. The van der Waals surface area contributed by atoms with Gasteiger partial charge in [0.1, 0.15) is 0 Å². The summed E-state index contributed by atoms with van der Waals surface area (Å²) in [5, 5.41) is 2.91. The number of amides is 1. The van der Waals surface area contributed by atoms with E-state index < -0.39 is 0 Å². The van der Waals surface area contributed by atoms with Gasteiger partial charge in [0.25, 0.3) is 0 Å². The Balaban J connectivity index is 1.56. The number of ether oxygens (including phenoxy) is 1. The molecule has 1 aromatic rings. The Morgan fingerprint density at radius 1 is 1.24 bits per heavy atom. The lowest BCUT2D eigenvalue weighted by molar-refractivity contribution is -0.121. The van der Waals surface area contributed by atoms with E-state index in [0.717, 1.165) is 11.3 Å². The van der Waals surface area contributed by atoms with Crippen molar-refractivity contribution in [1.82, 2.24) is 5.32 Å². The molecular weight excluding hydrogens is 264 g/mol. The smallest absolute Gasteiger partial charge is 0.220 e. The quantitative estimate of drug-likeness (QED) is 0.599. The van der Waals surface area contributed by atoms with Crippen molar-refractivity contribution in [3.8, 4) is 0 Å². The number of anilines is 1. The van der Waals surface area contributed by atoms with Crippen LogP contribution in [-0.2, 0) is 16.0 Å². The molecule has 0 heterocycles. The van der Waals surface area contributed by atoms with Gasteiger partial charge in [-0.2, -0.15) is 0 Å². The van der Waals surface area contributed by atoms with Gasteiger partial charge < -0.3 is 15.8 Å². The van der Waals surface area contributed by atoms with Crippen LogP contribution in [0.4, 0.5) is 5.69 Å². The van der Waals surface area contributed by atoms with Gasteiger partial charge in [-0.15, -0.1) is 0 Å². The van der Waals surface area contributed by atoms with Crippen molar-refractivity contribution in [3.63, 3.8) is 0 Å². The summed E-state index contributed by atoms with van der Waals surface area (Å²) in [7, 11) is 0. The largest absolute Gasteiger partial charge is 0.399 e. The average Bonchev–Trinajstić information content (AvgIpc) is 2.52. The van der Waals surface area contributed by atoms with Gasteiger partial charge in [-0.1, -0.05) is 37.5 Å². The van der Waals surface area contributed by atoms with Crippen LogP contribution in [0.2, 0.25) is 0 Å². The SMILES string of the molecule is Nc1ccccc1CCC(=O)NCCOC1CCCCC1. The van der Waals surface area contributed by atoms with Crippen LogP contribution in [-0.4, -0.2) is 25.2 Å². The van der Waals surface area contributed by atoms with Gasteiger partial charge in [-0.3, -0.25) is 4.79 Å². The number of rotatable bonds is 7. The highest BCUT2D eigenvalue weighted by atomic mass is 16.5. The lowest BCUT2D eigenvalue weighted by Crippen LogP contribution is -2.29. The first-order valence-corrected chi connectivity index (χ1v) is 7.97. The van der Waals surface area contributed by atoms with Crippen LogP contribution in [0, 0.1) is 0 Å². The van der Waals surface area contributed by atoms with E-state index in [1.807, 2.05) is 24.3 Å². The summed E-state index contributed by atoms with van der Waals surface area (Å²) in [6.45, 7) is 1.21. The Kier molecular flexibility index (Phi) is 6.54. The molecule has 0 saturated heterocycles. The third-order valence-electron chi connectivity index (χ3n) is 4.01. The maximum absolute atomic E-state index is 11.8. The molecule has 1 amide bonds. The summed E-state index contributed by atoms with van der Waals surface area (Å²) in [5.74, 6) is 0.0606. The van der Waals surface area contributed by atoms with Crippen LogP contribution in [0.1, 0.15) is 44.1 Å². The third-order valence-corrected chi connectivity index (χ3v) is 4.01. The van der Waals surface area contributed by atoms with E-state index in [9.17, 15) is 4.79 Å². The molecule has 4 heteroatoms. The average molecular weight is 290 g/mol. The van der Waals surface area contributed by atoms with Crippen molar-refractivity contribution in [3.05, 3.63) is 29.8 Å². The maximum atomic E-state index is 11.8. The molecule has 1 fully saturated rings. The van der Waals surface area contributed by atoms with Gasteiger partial charge in [0.2, 0.25) is 5.91 Å².